The summed E-state index contributed by atoms with van der Waals surface area (Å²) in [4.78, 5) is 38.1. The van der Waals surface area contributed by atoms with Gasteiger partial charge in [-0.25, -0.2) is 4.98 Å². The van der Waals surface area contributed by atoms with Gasteiger partial charge in [0.05, 0.1) is 16.9 Å². The zero-order chi connectivity index (χ0) is 15.6. The molecule has 0 aromatic carbocycles. The summed E-state index contributed by atoms with van der Waals surface area (Å²) in [6.07, 6.45) is 2.37. The molecule has 9 nitrogen and oxygen atoms in total. The van der Waals surface area contributed by atoms with Crippen LogP contribution >= 0.6 is 0 Å². The van der Waals surface area contributed by atoms with Crippen molar-refractivity contribution >= 4 is 23.4 Å². The number of carboxylic acid groups (broad SMARTS) is 1. The molecular weight excluding hydrogens is 280 g/mol. The molecule has 1 unspecified atom stereocenters. The fraction of sp³-hybridized carbons (Fsp3) is 0.417. The Morgan fingerprint density at radius 1 is 1.57 bits per heavy atom. The zero-order valence-electron chi connectivity index (χ0n) is 11.1. The molecule has 1 atom stereocenters. The number of aliphatic carboxylic acids is 1. The molecule has 1 fully saturated rings. The smallest absolute Gasteiger partial charge is 0.305 e. The zero-order valence-corrected chi connectivity index (χ0v) is 11.1. The molecule has 0 aliphatic carbocycles. The number of pyridine rings is 1. The van der Waals surface area contributed by atoms with Gasteiger partial charge in [0.15, 0.2) is 0 Å². The van der Waals surface area contributed by atoms with Crippen molar-refractivity contribution in [1.29, 1.82) is 0 Å². The Balaban J connectivity index is 2.40. The topological polar surface area (TPSA) is 140 Å². The van der Waals surface area contributed by atoms with Crippen molar-refractivity contribution in [2.75, 3.05) is 11.4 Å². The van der Waals surface area contributed by atoms with Crippen molar-refractivity contribution in [1.82, 2.24) is 4.98 Å². The number of primary amides is 1. The lowest BCUT2D eigenvalue weighted by Crippen LogP contribution is -2.34. The van der Waals surface area contributed by atoms with Crippen LogP contribution in [-0.4, -0.2) is 39.5 Å². The molecule has 1 amide bonds. The summed E-state index contributed by atoms with van der Waals surface area (Å²) in [6, 6.07) is 0.774. The van der Waals surface area contributed by atoms with Crippen molar-refractivity contribution in [3.8, 4) is 0 Å². The summed E-state index contributed by atoms with van der Waals surface area (Å²) in [5, 5.41) is 19.6. The Morgan fingerprint density at radius 3 is 2.86 bits per heavy atom. The highest BCUT2D eigenvalue weighted by molar-refractivity contribution is 5.98. The van der Waals surface area contributed by atoms with E-state index in [1.807, 2.05) is 0 Å². The highest BCUT2D eigenvalue weighted by atomic mass is 16.6. The van der Waals surface area contributed by atoms with Gasteiger partial charge < -0.3 is 15.7 Å². The number of nitrogens with two attached hydrogens (primary N) is 1. The standard InChI is InChI=1S/C12H14N4O5/c13-11(19)9-4-8(16(20)21)6-14-12(9)15-3-1-2-7(15)5-10(17)18/h4,6-7H,1-3,5H2,(H2,13,19)(H,17,18). The normalized spacial score (nSPS) is 17.7. The van der Waals surface area contributed by atoms with Crippen LogP contribution in [0.4, 0.5) is 11.5 Å². The fourth-order valence-corrected chi connectivity index (χ4v) is 2.48. The van der Waals surface area contributed by atoms with E-state index >= 15 is 0 Å². The van der Waals surface area contributed by atoms with Crippen LogP contribution in [0.5, 0.6) is 0 Å². The average Bonchev–Trinajstić information content (AvgIpc) is 2.84. The molecule has 2 rings (SSSR count). The number of amides is 1. The lowest BCUT2D eigenvalue weighted by molar-refractivity contribution is -0.385. The number of rotatable bonds is 5. The second kappa shape index (κ2) is 5.73. The second-order valence-corrected chi connectivity index (χ2v) is 4.77. The van der Waals surface area contributed by atoms with Crippen molar-refractivity contribution in [3.05, 3.63) is 27.9 Å². The predicted molar refractivity (Wildman–Crippen MR) is 72.0 cm³/mol. The van der Waals surface area contributed by atoms with E-state index in [4.69, 9.17) is 10.8 Å². The SMILES string of the molecule is NC(=O)c1cc([N+](=O)[O-])cnc1N1CCCC1CC(=O)O. The van der Waals surface area contributed by atoms with Gasteiger partial charge in [0.2, 0.25) is 0 Å². The Morgan fingerprint density at radius 2 is 2.29 bits per heavy atom. The summed E-state index contributed by atoms with van der Waals surface area (Å²) < 4.78 is 0. The van der Waals surface area contributed by atoms with Crippen molar-refractivity contribution < 1.29 is 19.6 Å². The number of carboxylic acids is 1. The van der Waals surface area contributed by atoms with Crippen LogP contribution in [0.3, 0.4) is 0 Å². The van der Waals surface area contributed by atoms with Crippen molar-refractivity contribution in [2.24, 2.45) is 5.73 Å². The molecule has 1 saturated heterocycles. The van der Waals surface area contributed by atoms with Crippen LogP contribution in [0, 0.1) is 10.1 Å². The number of hydrogen-bond acceptors (Lipinski definition) is 6. The minimum atomic E-state index is -0.950. The van der Waals surface area contributed by atoms with Gasteiger partial charge in [-0.15, -0.1) is 0 Å². The third kappa shape index (κ3) is 3.07. The first-order valence-electron chi connectivity index (χ1n) is 6.33. The molecule has 0 spiro atoms. The van der Waals surface area contributed by atoms with Gasteiger partial charge in [0, 0.05) is 18.7 Å². The molecule has 2 heterocycles. The summed E-state index contributed by atoms with van der Waals surface area (Å²) in [5.41, 5.74) is 4.85. The lowest BCUT2D eigenvalue weighted by atomic mass is 10.1. The highest BCUT2D eigenvalue weighted by Gasteiger charge is 2.31. The number of aromatic nitrogens is 1. The number of nitrogens with zero attached hydrogens (tertiary/aromatic N) is 3. The molecule has 1 aromatic heterocycles. The Hall–Kier alpha value is -2.71. The maximum absolute atomic E-state index is 11.5. The number of carbonyl (C=O) groups is 2. The first-order chi connectivity index (χ1) is 9.90. The van der Waals surface area contributed by atoms with Gasteiger partial charge in [0.25, 0.3) is 11.6 Å². The molecule has 1 aromatic rings. The Labute approximate surface area is 119 Å². The first kappa shape index (κ1) is 14.7. The third-order valence-electron chi connectivity index (χ3n) is 3.39. The molecule has 21 heavy (non-hydrogen) atoms. The summed E-state index contributed by atoms with van der Waals surface area (Å²) in [5.74, 6) is -1.58. The Bertz CT molecular complexity index is 603. The molecule has 3 N–H and O–H groups in total. The van der Waals surface area contributed by atoms with E-state index in [0.717, 1.165) is 18.7 Å². The molecule has 0 saturated carbocycles. The van der Waals surface area contributed by atoms with E-state index in [-0.39, 0.29) is 29.5 Å². The minimum Gasteiger partial charge on any atom is -0.481 e. The van der Waals surface area contributed by atoms with E-state index < -0.39 is 16.8 Å². The molecule has 0 radical (unpaired) electrons. The quantitative estimate of drug-likeness (QED) is 0.596. The first-order valence-corrected chi connectivity index (χ1v) is 6.33. The fourth-order valence-electron chi connectivity index (χ4n) is 2.48. The van der Waals surface area contributed by atoms with Gasteiger partial charge in [-0.1, -0.05) is 0 Å². The number of anilines is 1. The van der Waals surface area contributed by atoms with Gasteiger partial charge in [-0.3, -0.25) is 19.7 Å². The molecular formula is C12H14N4O5. The number of carbonyl (C=O) groups excluding carboxylic acids is 1. The third-order valence-corrected chi connectivity index (χ3v) is 3.39. The van der Waals surface area contributed by atoms with E-state index in [0.29, 0.717) is 13.0 Å². The predicted octanol–water partition coefficient (Wildman–Crippen LogP) is 0.532. The van der Waals surface area contributed by atoms with E-state index in [2.05, 4.69) is 4.98 Å². The summed E-state index contributed by atoms with van der Waals surface area (Å²) >= 11 is 0. The number of hydrogen-bond donors (Lipinski definition) is 2. The van der Waals surface area contributed by atoms with Gasteiger partial charge in [0.1, 0.15) is 12.0 Å². The largest absolute Gasteiger partial charge is 0.481 e. The lowest BCUT2D eigenvalue weighted by Gasteiger charge is -2.25. The second-order valence-electron chi connectivity index (χ2n) is 4.77. The Kier molecular flexibility index (Phi) is 4.01. The molecule has 1 aliphatic rings. The van der Waals surface area contributed by atoms with Crippen LogP contribution in [-0.2, 0) is 4.79 Å². The number of nitro groups is 1. The van der Waals surface area contributed by atoms with Gasteiger partial charge >= 0.3 is 5.97 Å². The van der Waals surface area contributed by atoms with Gasteiger partial charge in [-0.2, -0.15) is 0 Å². The highest BCUT2D eigenvalue weighted by Crippen LogP contribution is 2.30. The maximum Gasteiger partial charge on any atom is 0.305 e. The summed E-state index contributed by atoms with van der Waals surface area (Å²) in [6.45, 7) is 0.531. The van der Waals surface area contributed by atoms with E-state index in [9.17, 15) is 19.7 Å². The van der Waals surface area contributed by atoms with Crippen LogP contribution in [0.1, 0.15) is 29.6 Å². The van der Waals surface area contributed by atoms with Crippen LogP contribution in [0.25, 0.3) is 0 Å². The maximum atomic E-state index is 11.5. The van der Waals surface area contributed by atoms with E-state index in [1.165, 1.54) is 0 Å². The van der Waals surface area contributed by atoms with Crippen LogP contribution in [0.15, 0.2) is 12.3 Å². The molecule has 112 valence electrons. The van der Waals surface area contributed by atoms with Crippen molar-refractivity contribution in [2.45, 2.75) is 25.3 Å². The van der Waals surface area contributed by atoms with E-state index in [1.54, 1.807) is 4.90 Å². The minimum absolute atomic E-state index is 0.0681. The van der Waals surface area contributed by atoms with Crippen molar-refractivity contribution in [3.63, 3.8) is 0 Å². The molecule has 1 aliphatic heterocycles. The molecule has 9 heteroatoms. The monoisotopic (exact) mass is 294 g/mol. The average molecular weight is 294 g/mol. The van der Waals surface area contributed by atoms with Crippen LogP contribution in [0.2, 0.25) is 0 Å². The molecule has 0 bridgehead atoms. The summed E-state index contributed by atoms with van der Waals surface area (Å²) in [7, 11) is 0. The van der Waals surface area contributed by atoms with Crippen LogP contribution < -0.4 is 10.6 Å². The van der Waals surface area contributed by atoms with Gasteiger partial charge in [-0.05, 0) is 12.8 Å².